The molecule has 0 aliphatic carbocycles. The van der Waals surface area contributed by atoms with Crippen molar-refractivity contribution in [2.75, 3.05) is 26.2 Å². The Balaban J connectivity index is 0.00000264. The van der Waals surface area contributed by atoms with Crippen molar-refractivity contribution < 1.29 is 9.94 Å². The number of hydrogen-bond donors (Lipinski definition) is 1. The molecule has 1 fully saturated rings. The van der Waals surface area contributed by atoms with Gasteiger partial charge >= 0.3 is 0 Å². The third kappa shape index (κ3) is 6.22. The van der Waals surface area contributed by atoms with Crippen LogP contribution in [0.5, 0.6) is 5.75 Å². The van der Waals surface area contributed by atoms with Gasteiger partial charge in [-0.05, 0) is 74.5 Å². The van der Waals surface area contributed by atoms with Crippen LogP contribution in [0.15, 0.2) is 29.4 Å². The normalized spacial score (nSPS) is 16.9. The number of piperidine rings is 1. The SMILES string of the molecule is C.CC/C(=N/O)c1ccc(OCCCN2CCC(C)CC2)cc1. The fraction of sp³-hybridized carbons (Fsp3) is 0.632. The van der Waals surface area contributed by atoms with Crippen LogP contribution < -0.4 is 4.74 Å². The van der Waals surface area contributed by atoms with Gasteiger partial charge in [0.15, 0.2) is 0 Å². The van der Waals surface area contributed by atoms with E-state index in [4.69, 9.17) is 9.94 Å². The van der Waals surface area contributed by atoms with E-state index in [1.807, 2.05) is 31.2 Å². The lowest BCUT2D eigenvalue weighted by atomic mass is 9.99. The maximum absolute atomic E-state index is 8.91. The molecule has 0 radical (unpaired) electrons. The average molecular weight is 320 g/mol. The van der Waals surface area contributed by atoms with Gasteiger partial charge in [0.1, 0.15) is 5.75 Å². The lowest BCUT2D eigenvalue weighted by molar-refractivity contribution is 0.177. The van der Waals surface area contributed by atoms with E-state index in [9.17, 15) is 0 Å². The van der Waals surface area contributed by atoms with Crippen LogP contribution in [0.25, 0.3) is 0 Å². The standard InChI is InChI=1S/C18H28N2O2.CH4/c1-3-18(19-21)16-5-7-17(8-6-16)22-14-4-11-20-12-9-15(2)10-13-20;/h5-8,15,21H,3-4,9-14H2,1-2H3;1H4/b19-18-;. The topological polar surface area (TPSA) is 45.1 Å². The summed E-state index contributed by atoms with van der Waals surface area (Å²) in [4.78, 5) is 2.54. The number of rotatable bonds is 7. The van der Waals surface area contributed by atoms with E-state index in [-0.39, 0.29) is 7.43 Å². The summed E-state index contributed by atoms with van der Waals surface area (Å²) in [5, 5.41) is 12.2. The lowest BCUT2D eigenvalue weighted by Gasteiger charge is -2.30. The summed E-state index contributed by atoms with van der Waals surface area (Å²) in [6.07, 6.45) is 4.43. The Labute approximate surface area is 141 Å². The molecule has 1 heterocycles. The van der Waals surface area contributed by atoms with Crippen LogP contribution in [0.1, 0.15) is 52.5 Å². The minimum atomic E-state index is 0. The van der Waals surface area contributed by atoms with Crippen molar-refractivity contribution in [3.8, 4) is 5.75 Å². The third-order valence-corrected chi connectivity index (χ3v) is 4.41. The molecule has 1 aliphatic rings. The molecule has 23 heavy (non-hydrogen) atoms. The summed E-state index contributed by atoms with van der Waals surface area (Å²) >= 11 is 0. The molecule has 0 aromatic heterocycles. The molecule has 0 atom stereocenters. The maximum Gasteiger partial charge on any atom is 0.119 e. The van der Waals surface area contributed by atoms with E-state index >= 15 is 0 Å². The summed E-state index contributed by atoms with van der Waals surface area (Å²) in [7, 11) is 0. The largest absolute Gasteiger partial charge is 0.494 e. The van der Waals surface area contributed by atoms with Gasteiger partial charge in [-0.15, -0.1) is 0 Å². The quantitative estimate of drug-likeness (QED) is 0.350. The van der Waals surface area contributed by atoms with E-state index in [0.29, 0.717) is 12.1 Å². The molecule has 2 rings (SSSR count). The zero-order chi connectivity index (χ0) is 15.8. The predicted molar refractivity (Wildman–Crippen MR) is 96.7 cm³/mol. The van der Waals surface area contributed by atoms with Crippen LogP contribution in [-0.2, 0) is 0 Å². The minimum Gasteiger partial charge on any atom is -0.494 e. The Bertz CT molecular complexity index is 463. The van der Waals surface area contributed by atoms with Crippen molar-refractivity contribution in [1.82, 2.24) is 4.90 Å². The molecule has 1 aliphatic heterocycles. The molecule has 0 amide bonds. The molecule has 1 N–H and O–H groups in total. The Morgan fingerprint density at radius 2 is 1.91 bits per heavy atom. The van der Waals surface area contributed by atoms with Crippen LogP contribution in [0, 0.1) is 5.92 Å². The van der Waals surface area contributed by atoms with Gasteiger partial charge in [-0.2, -0.15) is 0 Å². The van der Waals surface area contributed by atoms with Crippen molar-refractivity contribution in [2.45, 2.75) is 47.0 Å². The molecule has 4 heteroatoms. The summed E-state index contributed by atoms with van der Waals surface area (Å²) in [5.74, 6) is 1.77. The van der Waals surface area contributed by atoms with Gasteiger partial charge in [0.05, 0.1) is 12.3 Å². The Morgan fingerprint density at radius 1 is 1.26 bits per heavy atom. The molecule has 1 aromatic rings. The highest BCUT2D eigenvalue weighted by atomic mass is 16.5. The van der Waals surface area contributed by atoms with Gasteiger partial charge in [0.2, 0.25) is 0 Å². The zero-order valence-corrected chi connectivity index (χ0v) is 13.8. The van der Waals surface area contributed by atoms with Gasteiger partial charge in [-0.3, -0.25) is 0 Å². The molecule has 0 spiro atoms. The molecule has 4 nitrogen and oxygen atoms in total. The molecule has 1 saturated heterocycles. The second-order valence-electron chi connectivity index (χ2n) is 6.15. The van der Waals surface area contributed by atoms with Gasteiger partial charge in [0, 0.05) is 6.54 Å². The van der Waals surface area contributed by atoms with E-state index in [1.54, 1.807) is 0 Å². The number of oxime groups is 1. The van der Waals surface area contributed by atoms with Crippen LogP contribution in [0.2, 0.25) is 0 Å². The van der Waals surface area contributed by atoms with Crippen molar-refractivity contribution in [3.63, 3.8) is 0 Å². The van der Waals surface area contributed by atoms with Crippen LogP contribution in [0.4, 0.5) is 0 Å². The first kappa shape index (κ1) is 19.5. The molecule has 130 valence electrons. The third-order valence-electron chi connectivity index (χ3n) is 4.41. The molecule has 0 unspecified atom stereocenters. The second kappa shape index (κ2) is 10.3. The van der Waals surface area contributed by atoms with E-state index in [2.05, 4.69) is 17.0 Å². The number of ether oxygens (including phenoxy) is 1. The number of likely N-dealkylation sites (tertiary alicyclic amines) is 1. The first-order valence-electron chi connectivity index (χ1n) is 8.39. The first-order valence-corrected chi connectivity index (χ1v) is 8.39. The fourth-order valence-corrected chi connectivity index (χ4v) is 2.84. The van der Waals surface area contributed by atoms with Crippen molar-refractivity contribution in [3.05, 3.63) is 29.8 Å². The summed E-state index contributed by atoms with van der Waals surface area (Å²) in [6.45, 7) is 8.66. The average Bonchev–Trinajstić information content (AvgIpc) is 2.56. The first-order chi connectivity index (χ1) is 10.7. The van der Waals surface area contributed by atoms with Crippen LogP contribution in [-0.4, -0.2) is 42.1 Å². The van der Waals surface area contributed by atoms with Crippen molar-refractivity contribution in [1.29, 1.82) is 0 Å². The number of nitrogens with zero attached hydrogens (tertiary/aromatic N) is 2. The number of benzene rings is 1. The highest BCUT2D eigenvalue weighted by molar-refractivity contribution is 6.00. The summed E-state index contributed by atoms with van der Waals surface area (Å²) in [5.41, 5.74) is 1.64. The molecular formula is C19H32N2O2. The molecule has 1 aromatic carbocycles. The highest BCUT2D eigenvalue weighted by Crippen LogP contribution is 2.17. The fourth-order valence-electron chi connectivity index (χ4n) is 2.84. The minimum absolute atomic E-state index is 0. The molecule has 0 bridgehead atoms. The zero-order valence-electron chi connectivity index (χ0n) is 13.8. The van der Waals surface area contributed by atoms with Gasteiger partial charge in [-0.1, -0.05) is 26.4 Å². The van der Waals surface area contributed by atoms with Crippen molar-refractivity contribution in [2.24, 2.45) is 11.1 Å². The van der Waals surface area contributed by atoms with E-state index < -0.39 is 0 Å². The Kier molecular flexibility index (Phi) is 8.70. The van der Waals surface area contributed by atoms with Crippen molar-refractivity contribution >= 4 is 5.71 Å². The van der Waals surface area contributed by atoms with E-state index in [0.717, 1.165) is 36.8 Å². The Morgan fingerprint density at radius 3 is 2.48 bits per heavy atom. The summed E-state index contributed by atoms with van der Waals surface area (Å²) in [6, 6.07) is 7.78. The Hall–Kier alpha value is -1.55. The van der Waals surface area contributed by atoms with Gasteiger partial charge < -0.3 is 14.8 Å². The van der Waals surface area contributed by atoms with Gasteiger partial charge in [0.25, 0.3) is 0 Å². The van der Waals surface area contributed by atoms with Crippen LogP contribution >= 0.6 is 0 Å². The monoisotopic (exact) mass is 320 g/mol. The van der Waals surface area contributed by atoms with E-state index in [1.165, 1.54) is 25.9 Å². The molecule has 0 saturated carbocycles. The van der Waals surface area contributed by atoms with Gasteiger partial charge in [-0.25, -0.2) is 0 Å². The summed E-state index contributed by atoms with van der Waals surface area (Å²) < 4.78 is 5.79. The predicted octanol–water partition coefficient (Wildman–Crippen LogP) is 4.41. The highest BCUT2D eigenvalue weighted by Gasteiger charge is 2.14. The number of hydrogen-bond acceptors (Lipinski definition) is 4. The maximum atomic E-state index is 8.91. The smallest absolute Gasteiger partial charge is 0.119 e. The molecular weight excluding hydrogens is 288 g/mol. The van der Waals surface area contributed by atoms with Crippen LogP contribution in [0.3, 0.4) is 0 Å². The second-order valence-corrected chi connectivity index (χ2v) is 6.15. The lowest BCUT2D eigenvalue weighted by Crippen LogP contribution is -2.34.